The van der Waals surface area contributed by atoms with Crippen LogP contribution >= 0.6 is 0 Å². The molecule has 7 nitrogen and oxygen atoms in total. The number of hydrogen-bond donors (Lipinski definition) is 1. The monoisotopic (exact) mass is 403 g/mol. The summed E-state index contributed by atoms with van der Waals surface area (Å²) in [6, 6.07) is 15.1. The Bertz CT molecular complexity index is 929. The van der Waals surface area contributed by atoms with Crippen molar-refractivity contribution in [1.82, 2.24) is 13.9 Å². The molecule has 2 aromatic carbocycles. The second kappa shape index (κ2) is 8.72. The van der Waals surface area contributed by atoms with Gasteiger partial charge in [0.15, 0.2) is 0 Å². The summed E-state index contributed by atoms with van der Waals surface area (Å²) in [6.45, 7) is 3.13. The van der Waals surface area contributed by atoms with E-state index in [1.807, 2.05) is 55.5 Å². The lowest BCUT2D eigenvalue weighted by Crippen LogP contribution is -2.40. The number of ether oxygens (including phenoxy) is 1. The Kier molecular flexibility index (Phi) is 6.33. The maximum absolute atomic E-state index is 12.7. The number of amides is 1. The zero-order valence-electron chi connectivity index (χ0n) is 16.1. The highest BCUT2D eigenvalue weighted by Gasteiger charge is 2.37. The van der Waals surface area contributed by atoms with Gasteiger partial charge in [-0.15, -0.1) is 0 Å². The summed E-state index contributed by atoms with van der Waals surface area (Å²) in [5.41, 5.74) is 2.94. The molecule has 2 aromatic rings. The fourth-order valence-electron chi connectivity index (χ4n) is 3.08. The molecule has 0 saturated carbocycles. The smallest absolute Gasteiger partial charge is 0.282 e. The Morgan fingerprint density at radius 3 is 2.43 bits per heavy atom. The van der Waals surface area contributed by atoms with Gasteiger partial charge in [-0.3, -0.25) is 4.79 Å². The first kappa shape index (κ1) is 20.3. The summed E-state index contributed by atoms with van der Waals surface area (Å²) in [6.07, 6.45) is 0. The summed E-state index contributed by atoms with van der Waals surface area (Å²) < 4.78 is 33.2. The van der Waals surface area contributed by atoms with Crippen molar-refractivity contribution >= 4 is 16.1 Å². The van der Waals surface area contributed by atoms with Crippen molar-refractivity contribution in [3.05, 3.63) is 65.2 Å². The van der Waals surface area contributed by atoms with Crippen molar-refractivity contribution in [2.75, 3.05) is 26.7 Å². The molecule has 0 aliphatic carbocycles. The van der Waals surface area contributed by atoms with Crippen molar-refractivity contribution in [3.63, 3.8) is 0 Å². The zero-order valence-corrected chi connectivity index (χ0v) is 16.9. The van der Waals surface area contributed by atoms with E-state index in [1.165, 1.54) is 8.61 Å². The van der Waals surface area contributed by atoms with E-state index in [0.29, 0.717) is 26.2 Å². The first-order chi connectivity index (χ1) is 13.4. The van der Waals surface area contributed by atoms with Crippen LogP contribution in [0.2, 0.25) is 0 Å². The summed E-state index contributed by atoms with van der Waals surface area (Å²) in [4.78, 5) is 12.2. The molecule has 1 aliphatic rings. The lowest BCUT2D eigenvalue weighted by molar-refractivity contribution is -0.121. The Hall–Kier alpha value is -2.42. The molecule has 0 radical (unpaired) electrons. The molecule has 28 heavy (non-hydrogen) atoms. The van der Waals surface area contributed by atoms with E-state index in [9.17, 15) is 13.2 Å². The molecule has 0 aromatic heterocycles. The van der Waals surface area contributed by atoms with Gasteiger partial charge >= 0.3 is 0 Å². The van der Waals surface area contributed by atoms with Gasteiger partial charge in [0.1, 0.15) is 5.75 Å². The van der Waals surface area contributed by atoms with Crippen molar-refractivity contribution in [2.24, 2.45) is 0 Å². The average molecular weight is 404 g/mol. The molecule has 1 aliphatic heterocycles. The van der Waals surface area contributed by atoms with Crippen LogP contribution in [0.3, 0.4) is 0 Å². The molecule has 0 bridgehead atoms. The summed E-state index contributed by atoms with van der Waals surface area (Å²) in [5, 5.41) is 2.77. The standard InChI is InChI=1S/C20H25N3O4S/c1-16-5-3-4-6-18(16)14-22-11-12-23(28(22,25)26)15-20(24)21-13-17-7-9-19(27-2)10-8-17/h3-10H,11-15H2,1-2H3,(H,21,24). The highest BCUT2D eigenvalue weighted by atomic mass is 32.2. The molecule has 0 unspecified atom stereocenters. The maximum atomic E-state index is 12.7. The molecule has 1 fully saturated rings. The molecular formula is C20H25N3O4S. The van der Waals surface area contributed by atoms with Gasteiger partial charge in [0.25, 0.3) is 10.2 Å². The SMILES string of the molecule is COc1ccc(CNC(=O)CN2CCN(Cc3ccccc3C)S2(=O)=O)cc1. The minimum Gasteiger partial charge on any atom is -0.497 e. The van der Waals surface area contributed by atoms with Crippen molar-refractivity contribution in [1.29, 1.82) is 0 Å². The quantitative estimate of drug-likeness (QED) is 0.763. The van der Waals surface area contributed by atoms with E-state index in [0.717, 1.165) is 22.4 Å². The van der Waals surface area contributed by atoms with Crippen LogP contribution in [0.1, 0.15) is 16.7 Å². The van der Waals surface area contributed by atoms with Crippen LogP contribution in [0.25, 0.3) is 0 Å². The molecule has 1 heterocycles. The topological polar surface area (TPSA) is 79.0 Å². The van der Waals surface area contributed by atoms with E-state index in [4.69, 9.17) is 4.74 Å². The third kappa shape index (κ3) is 4.70. The molecule has 8 heteroatoms. The molecule has 1 saturated heterocycles. The third-order valence-corrected chi connectivity index (χ3v) is 6.76. The van der Waals surface area contributed by atoms with Crippen molar-refractivity contribution in [3.8, 4) is 5.75 Å². The Morgan fingerprint density at radius 1 is 1.07 bits per heavy atom. The summed E-state index contributed by atoms with van der Waals surface area (Å²) >= 11 is 0. The van der Waals surface area contributed by atoms with Crippen LogP contribution in [-0.2, 0) is 28.1 Å². The number of carbonyl (C=O) groups is 1. The van der Waals surface area contributed by atoms with E-state index < -0.39 is 10.2 Å². The van der Waals surface area contributed by atoms with Crippen LogP contribution in [-0.4, -0.2) is 49.7 Å². The fourth-order valence-corrected chi connectivity index (χ4v) is 4.61. The first-order valence-electron chi connectivity index (χ1n) is 9.09. The lowest BCUT2D eigenvalue weighted by Gasteiger charge is -2.19. The van der Waals surface area contributed by atoms with Crippen LogP contribution in [0.15, 0.2) is 48.5 Å². The van der Waals surface area contributed by atoms with Crippen molar-refractivity contribution < 1.29 is 17.9 Å². The summed E-state index contributed by atoms with van der Waals surface area (Å²) in [5.74, 6) is 0.420. The minimum absolute atomic E-state index is 0.178. The van der Waals surface area contributed by atoms with E-state index in [-0.39, 0.29) is 12.5 Å². The fraction of sp³-hybridized carbons (Fsp3) is 0.350. The number of nitrogens with one attached hydrogen (secondary N) is 1. The van der Waals surface area contributed by atoms with Crippen LogP contribution in [0.5, 0.6) is 5.75 Å². The number of hydrogen-bond acceptors (Lipinski definition) is 4. The average Bonchev–Trinajstić information content (AvgIpc) is 2.96. The van der Waals surface area contributed by atoms with Crippen LogP contribution < -0.4 is 10.1 Å². The van der Waals surface area contributed by atoms with Gasteiger partial charge in [0.2, 0.25) is 5.91 Å². The molecule has 1 amide bonds. The van der Waals surface area contributed by atoms with Gasteiger partial charge in [-0.2, -0.15) is 17.0 Å². The molecule has 0 spiro atoms. The Morgan fingerprint density at radius 2 is 1.75 bits per heavy atom. The predicted octanol–water partition coefficient (Wildman–Crippen LogP) is 1.68. The van der Waals surface area contributed by atoms with Crippen molar-refractivity contribution in [2.45, 2.75) is 20.0 Å². The van der Waals surface area contributed by atoms with Gasteiger partial charge in [0, 0.05) is 26.2 Å². The second-order valence-electron chi connectivity index (χ2n) is 6.73. The van der Waals surface area contributed by atoms with Crippen LogP contribution in [0, 0.1) is 6.92 Å². The predicted molar refractivity (Wildman–Crippen MR) is 107 cm³/mol. The maximum Gasteiger partial charge on any atom is 0.282 e. The summed E-state index contributed by atoms with van der Waals surface area (Å²) in [7, 11) is -2.05. The number of methoxy groups -OCH3 is 1. The van der Waals surface area contributed by atoms with E-state index in [1.54, 1.807) is 7.11 Å². The van der Waals surface area contributed by atoms with Gasteiger partial charge in [-0.05, 0) is 35.7 Å². The first-order valence-corrected chi connectivity index (χ1v) is 10.5. The molecular weight excluding hydrogens is 378 g/mol. The Labute approximate surface area is 166 Å². The number of carbonyl (C=O) groups excluding carboxylic acids is 1. The number of nitrogens with zero attached hydrogens (tertiary/aromatic N) is 2. The lowest BCUT2D eigenvalue weighted by atomic mass is 10.1. The van der Waals surface area contributed by atoms with Gasteiger partial charge in [-0.25, -0.2) is 0 Å². The second-order valence-corrected chi connectivity index (χ2v) is 8.65. The van der Waals surface area contributed by atoms with Gasteiger partial charge in [0.05, 0.1) is 13.7 Å². The highest BCUT2D eigenvalue weighted by Crippen LogP contribution is 2.20. The normalized spacial score (nSPS) is 16.8. The number of rotatable bonds is 7. The van der Waals surface area contributed by atoms with E-state index in [2.05, 4.69) is 5.32 Å². The van der Waals surface area contributed by atoms with Gasteiger partial charge in [-0.1, -0.05) is 36.4 Å². The molecule has 1 N–H and O–H groups in total. The largest absolute Gasteiger partial charge is 0.497 e. The number of aryl methyl sites for hydroxylation is 1. The Balaban J connectivity index is 1.55. The zero-order chi connectivity index (χ0) is 20.1. The third-order valence-electron chi connectivity index (χ3n) is 4.83. The molecule has 150 valence electrons. The van der Waals surface area contributed by atoms with E-state index >= 15 is 0 Å². The van der Waals surface area contributed by atoms with Crippen LogP contribution in [0.4, 0.5) is 0 Å². The number of benzene rings is 2. The van der Waals surface area contributed by atoms with Gasteiger partial charge < -0.3 is 10.1 Å². The highest BCUT2D eigenvalue weighted by molar-refractivity contribution is 7.87. The molecule has 3 rings (SSSR count). The minimum atomic E-state index is -3.64. The molecule has 0 atom stereocenters.